The lowest BCUT2D eigenvalue weighted by Gasteiger charge is -2.36. The lowest BCUT2D eigenvalue weighted by molar-refractivity contribution is 0.172. The maximum absolute atomic E-state index is 6.28. The number of aromatic nitrogens is 2. The summed E-state index contributed by atoms with van der Waals surface area (Å²) >= 11 is 0. The molecule has 5 nitrogen and oxygen atoms in total. The topological polar surface area (TPSA) is 73.2 Å². The molecule has 1 aliphatic heterocycles. The van der Waals surface area contributed by atoms with Crippen molar-refractivity contribution in [3.63, 3.8) is 0 Å². The van der Waals surface area contributed by atoms with Crippen LogP contribution in [-0.2, 0) is 5.41 Å². The molecule has 5 heteroatoms. The van der Waals surface area contributed by atoms with E-state index in [0.717, 1.165) is 28.4 Å². The van der Waals surface area contributed by atoms with Crippen LogP contribution >= 0.6 is 0 Å². The molecule has 2 aromatic rings. The van der Waals surface area contributed by atoms with Gasteiger partial charge in [-0.25, -0.2) is 4.98 Å². The van der Waals surface area contributed by atoms with E-state index in [2.05, 4.69) is 23.8 Å². The fourth-order valence-corrected chi connectivity index (χ4v) is 2.15. The van der Waals surface area contributed by atoms with Gasteiger partial charge in [0.1, 0.15) is 19.0 Å². The normalized spacial score (nSPS) is 15.7. The number of aromatic amines is 1. The number of hydrogen-bond donors (Lipinski definition) is 2. The number of nitrogens with one attached hydrogen (secondary N) is 1. The summed E-state index contributed by atoms with van der Waals surface area (Å²) < 4.78 is 11.2. The molecule has 1 aromatic heterocycles. The van der Waals surface area contributed by atoms with Crippen molar-refractivity contribution in [2.75, 3.05) is 13.2 Å². The number of nitrogens with zero attached hydrogens (tertiary/aromatic N) is 1. The molecule has 1 aromatic carbocycles. The fourth-order valence-electron chi connectivity index (χ4n) is 2.15. The highest BCUT2D eigenvalue weighted by Crippen LogP contribution is 2.37. The summed E-state index contributed by atoms with van der Waals surface area (Å²) in [5, 5.41) is 0. The number of rotatable bonds is 2. The first kappa shape index (κ1) is 13.2. The van der Waals surface area contributed by atoms with E-state index in [-0.39, 0.29) is 11.0 Å². The number of imidazole rings is 1. The molecule has 20 heavy (non-hydrogen) atoms. The average molecular weight is 275 g/mol. The van der Waals surface area contributed by atoms with Gasteiger partial charge in [-0.3, -0.25) is 0 Å². The van der Waals surface area contributed by atoms with Gasteiger partial charge >= 0.3 is 0 Å². The van der Waals surface area contributed by atoms with Crippen molar-refractivity contribution < 1.29 is 9.47 Å². The highest BCUT2D eigenvalue weighted by molar-refractivity contribution is 5.80. The van der Waals surface area contributed by atoms with Gasteiger partial charge in [0.05, 0.1) is 11.0 Å². The number of H-pyrrole nitrogens is 1. The maximum Gasteiger partial charge on any atom is 0.163 e. The first-order valence-electron chi connectivity index (χ1n) is 6.88. The molecule has 0 spiro atoms. The molecule has 0 bridgehead atoms. The Kier molecular flexibility index (Phi) is 2.73. The maximum atomic E-state index is 6.28. The standard InChI is InChI=1S/C15H21N3O2/c1-14(2,15(3,4)16)13-17-9-7-11-12(8-10(9)18-13)20-6-5-19-11/h7-8H,5-6,16H2,1-4H3,(H,17,18). The van der Waals surface area contributed by atoms with Gasteiger partial charge in [-0.2, -0.15) is 0 Å². The van der Waals surface area contributed by atoms with Crippen LogP contribution in [0.1, 0.15) is 33.5 Å². The summed E-state index contributed by atoms with van der Waals surface area (Å²) in [4.78, 5) is 8.05. The van der Waals surface area contributed by atoms with Crippen LogP contribution in [0.5, 0.6) is 11.5 Å². The highest BCUT2D eigenvalue weighted by Gasteiger charge is 2.38. The third-order valence-corrected chi connectivity index (χ3v) is 4.35. The molecule has 3 N–H and O–H groups in total. The predicted octanol–water partition coefficient (Wildman–Crippen LogP) is 2.35. The van der Waals surface area contributed by atoms with Crippen LogP contribution in [0.25, 0.3) is 11.0 Å². The van der Waals surface area contributed by atoms with E-state index in [1.54, 1.807) is 0 Å². The lowest BCUT2D eigenvalue weighted by Crippen LogP contribution is -2.50. The Morgan fingerprint density at radius 1 is 1.10 bits per heavy atom. The third kappa shape index (κ3) is 1.93. The van der Waals surface area contributed by atoms with Crippen molar-refractivity contribution in [3.8, 4) is 11.5 Å². The van der Waals surface area contributed by atoms with Gasteiger partial charge in [-0.05, 0) is 13.8 Å². The van der Waals surface area contributed by atoms with E-state index >= 15 is 0 Å². The van der Waals surface area contributed by atoms with Crippen LogP contribution < -0.4 is 15.2 Å². The fraction of sp³-hybridized carbons (Fsp3) is 0.533. The molecule has 0 amide bonds. The second-order valence-corrected chi connectivity index (χ2v) is 6.45. The molecular weight excluding hydrogens is 254 g/mol. The van der Waals surface area contributed by atoms with E-state index in [4.69, 9.17) is 15.2 Å². The molecule has 0 radical (unpaired) electrons. The van der Waals surface area contributed by atoms with Crippen molar-refractivity contribution >= 4 is 11.0 Å². The van der Waals surface area contributed by atoms with Crippen molar-refractivity contribution in [1.29, 1.82) is 0 Å². The van der Waals surface area contributed by atoms with Crippen LogP contribution in [0.15, 0.2) is 12.1 Å². The average Bonchev–Trinajstić information content (AvgIpc) is 2.77. The van der Waals surface area contributed by atoms with E-state index in [0.29, 0.717) is 13.2 Å². The molecule has 0 aliphatic carbocycles. The Labute approximate surface area is 118 Å². The molecular formula is C15H21N3O2. The SMILES string of the molecule is CC(C)(N)C(C)(C)c1nc2cc3c(cc2[nH]1)OCCO3. The van der Waals surface area contributed by atoms with Gasteiger partial charge < -0.3 is 20.2 Å². The second-order valence-electron chi connectivity index (χ2n) is 6.45. The largest absolute Gasteiger partial charge is 0.486 e. The monoisotopic (exact) mass is 275 g/mol. The quantitative estimate of drug-likeness (QED) is 0.882. The Morgan fingerprint density at radius 3 is 2.30 bits per heavy atom. The smallest absolute Gasteiger partial charge is 0.163 e. The molecule has 1 aliphatic rings. The van der Waals surface area contributed by atoms with Gasteiger partial charge in [0.25, 0.3) is 0 Å². The zero-order valence-electron chi connectivity index (χ0n) is 12.4. The van der Waals surface area contributed by atoms with Crippen LogP contribution in [0.2, 0.25) is 0 Å². The summed E-state index contributed by atoms with van der Waals surface area (Å²) in [5.41, 5.74) is 7.45. The molecule has 0 saturated carbocycles. The van der Waals surface area contributed by atoms with Gasteiger partial charge in [-0.1, -0.05) is 13.8 Å². The number of benzene rings is 1. The van der Waals surface area contributed by atoms with Crippen molar-refractivity contribution in [1.82, 2.24) is 9.97 Å². The van der Waals surface area contributed by atoms with Crippen LogP contribution in [0, 0.1) is 0 Å². The van der Waals surface area contributed by atoms with E-state index in [9.17, 15) is 0 Å². The Hall–Kier alpha value is -1.75. The van der Waals surface area contributed by atoms with E-state index < -0.39 is 0 Å². The van der Waals surface area contributed by atoms with Crippen molar-refractivity contribution in [3.05, 3.63) is 18.0 Å². The minimum atomic E-state index is -0.381. The number of nitrogens with two attached hydrogens (primary N) is 1. The van der Waals surface area contributed by atoms with Crippen LogP contribution in [0.3, 0.4) is 0 Å². The summed E-state index contributed by atoms with van der Waals surface area (Å²) in [5.74, 6) is 2.40. The first-order chi connectivity index (χ1) is 9.29. The van der Waals surface area contributed by atoms with Crippen molar-refractivity contribution in [2.24, 2.45) is 5.73 Å². The highest BCUT2D eigenvalue weighted by atomic mass is 16.6. The summed E-state index contributed by atoms with van der Waals surface area (Å²) in [6.45, 7) is 9.38. The first-order valence-corrected chi connectivity index (χ1v) is 6.88. The zero-order valence-corrected chi connectivity index (χ0v) is 12.4. The Bertz CT molecular complexity index is 610. The minimum Gasteiger partial charge on any atom is -0.486 e. The van der Waals surface area contributed by atoms with Gasteiger partial charge in [0.15, 0.2) is 11.5 Å². The second kappa shape index (κ2) is 4.12. The molecule has 3 rings (SSSR count). The van der Waals surface area contributed by atoms with Gasteiger partial charge in [0, 0.05) is 23.1 Å². The summed E-state index contributed by atoms with van der Waals surface area (Å²) in [6.07, 6.45) is 0. The summed E-state index contributed by atoms with van der Waals surface area (Å²) in [7, 11) is 0. The molecule has 0 saturated heterocycles. The molecule has 0 unspecified atom stereocenters. The third-order valence-electron chi connectivity index (χ3n) is 4.35. The van der Waals surface area contributed by atoms with E-state index in [1.807, 2.05) is 26.0 Å². The van der Waals surface area contributed by atoms with Gasteiger partial charge in [0.2, 0.25) is 0 Å². The molecule has 2 heterocycles. The van der Waals surface area contributed by atoms with E-state index in [1.165, 1.54) is 0 Å². The number of fused-ring (bicyclic) bond motifs is 2. The number of hydrogen-bond acceptors (Lipinski definition) is 4. The Morgan fingerprint density at radius 2 is 1.70 bits per heavy atom. The number of ether oxygens (including phenoxy) is 2. The lowest BCUT2D eigenvalue weighted by atomic mass is 9.74. The van der Waals surface area contributed by atoms with Crippen LogP contribution in [0.4, 0.5) is 0 Å². The molecule has 108 valence electrons. The van der Waals surface area contributed by atoms with Gasteiger partial charge in [-0.15, -0.1) is 0 Å². The van der Waals surface area contributed by atoms with Crippen LogP contribution in [-0.4, -0.2) is 28.7 Å². The predicted molar refractivity (Wildman–Crippen MR) is 78.4 cm³/mol. The zero-order chi connectivity index (χ0) is 14.5. The minimum absolute atomic E-state index is 0.270. The molecule has 0 atom stereocenters. The summed E-state index contributed by atoms with van der Waals surface area (Å²) in [6, 6.07) is 3.86. The Balaban J connectivity index is 2.11. The molecule has 0 fully saturated rings. The van der Waals surface area contributed by atoms with Crippen molar-refractivity contribution in [2.45, 2.75) is 38.6 Å².